The number of hydrogen-bond acceptors (Lipinski definition) is 4. The highest BCUT2D eigenvalue weighted by atomic mass is 32.2. The van der Waals surface area contributed by atoms with Gasteiger partial charge in [-0.3, -0.25) is 0 Å². The summed E-state index contributed by atoms with van der Waals surface area (Å²) in [6.45, 7) is 0. The van der Waals surface area contributed by atoms with Crippen LogP contribution in [0.4, 0.5) is 0 Å². The van der Waals surface area contributed by atoms with Gasteiger partial charge in [-0.25, -0.2) is 9.48 Å². The summed E-state index contributed by atoms with van der Waals surface area (Å²) in [7, 11) is 1.45. The molecule has 1 rings (SSSR count). The maximum Gasteiger partial charge on any atom is 0.379 e. The van der Waals surface area contributed by atoms with E-state index in [1.807, 2.05) is 0 Å². The van der Waals surface area contributed by atoms with E-state index in [-0.39, 0.29) is 5.16 Å². The average Bonchev–Trinajstić information content (AvgIpc) is 2.30. The van der Waals surface area contributed by atoms with Gasteiger partial charge < -0.3 is 5.21 Å². The summed E-state index contributed by atoms with van der Waals surface area (Å²) in [5.74, 6) is 2.73. The topological polar surface area (TPSA) is 60.0 Å². The molecule has 1 aromatic rings. The summed E-state index contributed by atoms with van der Waals surface area (Å²) in [6.07, 6.45) is 5.00. The predicted octanol–water partition coefficient (Wildman–Crippen LogP) is -0.456. The average molecular weight is 185 g/mol. The molecule has 5 nitrogen and oxygen atoms in total. The van der Waals surface area contributed by atoms with Gasteiger partial charge in [0.1, 0.15) is 0 Å². The highest BCUT2D eigenvalue weighted by Crippen LogP contribution is 2.10. The van der Waals surface area contributed by atoms with Crippen molar-refractivity contribution in [1.29, 1.82) is 0 Å². The molecule has 1 heterocycles. The molecule has 0 radical (unpaired) electrons. The van der Waals surface area contributed by atoms with Gasteiger partial charge in [-0.05, 0) is 0 Å². The summed E-state index contributed by atoms with van der Waals surface area (Å²) in [5.41, 5.74) is -0.575. The Morgan fingerprint density at radius 3 is 2.92 bits per heavy atom. The minimum atomic E-state index is -0.575. The van der Waals surface area contributed by atoms with E-state index in [0.717, 1.165) is 16.4 Å². The zero-order valence-corrected chi connectivity index (χ0v) is 7.21. The van der Waals surface area contributed by atoms with Crippen LogP contribution in [0.1, 0.15) is 0 Å². The van der Waals surface area contributed by atoms with E-state index >= 15 is 0 Å². The van der Waals surface area contributed by atoms with Crippen LogP contribution in [0.5, 0.6) is 0 Å². The molecule has 0 saturated heterocycles. The van der Waals surface area contributed by atoms with Crippen molar-refractivity contribution in [1.82, 2.24) is 14.5 Å². The van der Waals surface area contributed by atoms with Gasteiger partial charge in [0.2, 0.25) is 5.16 Å². The van der Waals surface area contributed by atoms with Crippen molar-refractivity contribution in [3.63, 3.8) is 0 Å². The Kier molecular flexibility index (Phi) is 2.45. The SMILES string of the molecule is C#CCSc1nn(C)c(=O)n1O. The summed E-state index contributed by atoms with van der Waals surface area (Å²) >= 11 is 1.13. The molecule has 0 atom stereocenters. The van der Waals surface area contributed by atoms with Gasteiger partial charge in [0.05, 0.1) is 5.75 Å². The molecular weight excluding hydrogens is 178 g/mol. The van der Waals surface area contributed by atoms with Gasteiger partial charge in [-0.2, -0.15) is 0 Å². The second-order valence-electron chi connectivity index (χ2n) is 1.99. The Bertz CT molecular complexity index is 373. The lowest BCUT2D eigenvalue weighted by atomic mass is 10.8. The molecule has 0 fully saturated rings. The summed E-state index contributed by atoms with van der Waals surface area (Å²) < 4.78 is 1.51. The van der Waals surface area contributed by atoms with E-state index in [2.05, 4.69) is 11.0 Å². The van der Waals surface area contributed by atoms with Gasteiger partial charge in [0, 0.05) is 7.05 Å². The lowest BCUT2D eigenvalue weighted by Crippen LogP contribution is -2.20. The quantitative estimate of drug-likeness (QED) is 0.385. The Morgan fingerprint density at radius 2 is 2.50 bits per heavy atom. The van der Waals surface area contributed by atoms with E-state index in [4.69, 9.17) is 11.6 Å². The van der Waals surface area contributed by atoms with E-state index in [9.17, 15) is 4.79 Å². The van der Waals surface area contributed by atoms with Crippen LogP contribution in [0, 0.1) is 12.3 Å². The van der Waals surface area contributed by atoms with Crippen molar-refractivity contribution in [3.8, 4) is 12.3 Å². The largest absolute Gasteiger partial charge is 0.422 e. The van der Waals surface area contributed by atoms with Crippen LogP contribution in [0.2, 0.25) is 0 Å². The lowest BCUT2D eigenvalue weighted by Gasteiger charge is -1.90. The fraction of sp³-hybridized carbons (Fsp3) is 0.333. The first-order chi connectivity index (χ1) is 5.66. The number of rotatable bonds is 2. The Balaban J connectivity index is 2.96. The smallest absolute Gasteiger partial charge is 0.379 e. The van der Waals surface area contributed by atoms with E-state index < -0.39 is 5.69 Å². The van der Waals surface area contributed by atoms with Gasteiger partial charge >= 0.3 is 5.69 Å². The van der Waals surface area contributed by atoms with Crippen molar-refractivity contribution in [2.75, 3.05) is 5.75 Å². The molecule has 1 N–H and O–H groups in total. The number of nitrogens with zero attached hydrogens (tertiary/aromatic N) is 3. The zero-order chi connectivity index (χ0) is 9.14. The highest BCUT2D eigenvalue weighted by Gasteiger charge is 2.08. The second kappa shape index (κ2) is 3.36. The van der Waals surface area contributed by atoms with Crippen LogP contribution in [-0.2, 0) is 7.05 Å². The first-order valence-electron chi connectivity index (χ1n) is 3.08. The molecule has 1 aromatic heterocycles. The number of thioether (sulfide) groups is 1. The predicted molar refractivity (Wildman–Crippen MR) is 44.2 cm³/mol. The Hall–Kier alpha value is -1.35. The third kappa shape index (κ3) is 1.46. The minimum Gasteiger partial charge on any atom is -0.422 e. The lowest BCUT2D eigenvalue weighted by molar-refractivity contribution is 0.149. The summed E-state index contributed by atoms with van der Waals surface area (Å²) in [6, 6.07) is 0. The zero-order valence-electron chi connectivity index (χ0n) is 6.39. The van der Waals surface area contributed by atoms with Crippen LogP contribution >= 0.6 is 11.8 Å². The number of aryl methyl sites for hydroxylation is 1. The monoisotopic (exact) mass is 185 g/mol. The van der Waals surface area contributed by atoms with E-state index in [0.29, 0.717) is 10.5 Å². The molecule has 12 heavy (non-hydrogen) atoms. The molecule has 64 valence electrons. The third-order valence-corrected chi connectivity index (χ3v) is 1.98. The molecular formula is C6H7N3O2S. The van der Waals surface area contributed by atoms with Crippen LogP contribution < -0.4 is 5.69 Å². The second-order valence-corrected chi connectivity index (χ2v) is 2.94. The van der Waals surface area contributed by atoms with Crippen molar-refractivity contribution in [3.05, 3.63) is 10.5 Å². The van der Waals surface area contributed by atoms with Crippen LogP contribution in [0.15, 0.2) is 9.95 Å². The van der Waals surface area contributed by atoms with Gasteiger partial charge in [0.15, 0.2) is 0 Å². The molecule has 0 unspecified atom stereocenters. The van der Waals surface area contributed by atoms with E-state index in [1.165, 1.54) is 7.05 Å². The number of hydrogen-bond donors (Lipinski definition) is 1. The molecule has 0 aromatic carbocycles. The number of aromatic nitrogens is 3. The van der Waals surface area contributed by atoms with Gasteiger partial charge in [0.25, 0.3) is 0 Å². The molecule has 0 aliphatic carbocycles. The van der Waals surface area contributed by atoms with Gasteiger partial charge in [-0.15, -0.1) is 16.3 Å². The van der Waals surface area contributed by atoms with Crippen LogP contribution in [0.3, 0.4) is 0 Å². The van der Waals surface area contributed by atoms with E-state index in [1.54, 1.807) is 0 Å². The minimum absolute atomic E-state index is 0.209. The van der Waals surface area contributed by atoms with Crippen molar-refractivity contribution in [2.45, 2.75) is 5.16 Å². The summed E-state index contributed by atoms with van der Waals surface area (Å²) in [4.78, 5) is 10.9. The molecule has 0 amide bonds. The third-order valence-electron chi connectivity index (χ3n) is 1.16. The van der Waals surface area contributed by atoms with Crippen molar-refractivity contribution in [2.24, 2.45) is 7.05 Å². The Morgan fingerprint density at radius 1 is 1.83 bits per heavy atom. The first-order valence-corrected chi connectivity index (χ1v) is 4.07. The fourth-order valence-corrected chi connectivity index (χ4v) is 1.22. The molecule has 0 bridgehead atoms. The normalized spacial score (nSPS) is 9.67. The van der Waals surface area contributed by atoms with Gasteiger partial charge in [-0.1, -0.05) is 17.7 Å². The number of terminal acetylenes is 1. The Labute approximate surface area is 73.0 Å². The molecule has 0 aliphatic rings. The molecule has 0 aliphatic heterocycles. The standard InChI is InChI=1S/C6H7N3O2S/c1-3-4-12-5-7-8(2)6(10)9(5)11/h1,11H,4H2,2H3. The fourth-order valence-electron chi connectivity index (χ4n) is 0.629. The molecule has 0 saturated carbocycles. The maximum atomic E-state index is 10.9. The van der Waals surface area contributed by atoms with Crippen molar-refractivity contribution < 1.29 is 5.21 Å². The van der Waals surface area contributed by atoms with Crippen LogP contribution in [0.25, 0.3) is 0 Å². The van der Waals surface area contributed by atoms with Crippen LogP contribution in [-0.4, -0.2) is 25.5 Å². The first kappa shape index (κ1) is 8.74. The van der Waals surface area contributed by atoms with Crippen molar-refractivity contribution >= 4 is 11.8 Å². The summed E-state index contributed by atoms with van der Waals surface area (Å²) in [5, 5.41) is 13.0. The maximum absolute atomic E-state index is 10.9. The molecule has 6 heteroatoms. The molecule has 0 spiro atoms. The highest BCUT2D eigenvalue weighted by molar-refractivity contribution is 7.99.